The van der Waals surface area contributed by atoms with Gasteiger partial charge in [-0.3, -0.25) is 9.59 Å². The molecule has 3 fully saturated rings. The van der Waals surface area contributed by atoms with Gasteiger partial charge in [-0.25, -0.2) is 0 Å². The van der Waals surface area contributed by atoms with Gasteiger partial charge in [0.05, 0.1) is 19.4 Å². The fourth-order valence-corrected chi connectivity index (χ4v) is 18.2. The monoisotopic (exact) mass is 1180 g/mol. The van der Waals surface area contributed by atoms with Crippen molar-refractivity contribution >= 4 is 66.1 Å². The number of hydrogen-bond acceptors (Lipinski definition) is 4. The van der Waals surface area contributed by atoms with E-state index in [1.165, 1.54) is 279 Å². The number of rotatable bonds is 46. The first kappa shape index (κ1) is 64.5. The van der Waals surface area contributed by atoms with E-state index in [1.807, 2.05) is 0 Å². The highest BCUT2D eigenvalue weighted by Crippen LogP contribution is 2.64. The van der Waals surface area contributed by atoms with Crippen LogP contribution in [0, 0.1) is 47.3 Å². The Morgan fingerprint density at radius 1 is 0.378 bits per heavy atom. The highest BCUT2D eigenvalue weighted by Gasteiger charge is 2.62. The molecular weight excluding hydrogens is 1070 g/mol. The molecule has 10 unspecified atom stereocenters. The lowest BCUT2D eigenvalue weighted by Crippen LogP contribution is -2.47. The van der Waals surface area contributed by atoms with Gasteiger partial charge in [0.15, 0.2) is 0 Å². The molecule has 5 rings (SSSR count). The molecular formula is C68H114Br2O2S2. The highest BCUT2D eigenvalue weighted by molar-refractivity contribution is 9.11. The van der Waals surface area contributed by atoms with Crippen LogP contribution in [0.2, 0.25) is 0 Å². The van der Waals surface area contributed by atoms with Gasteiger partial charge >= 0.3 is 0 Å². The van der Waals surface area contributed by atoms with Gasteiger partial charge in [-0.1, -0.05) is 285 Å². The summed E-state index contributed by atoms with van der Waals surface area (Å²) in [6.07, 6.45) is 59.0. The van der Waals surface area contributed by atoms with E-state index in [9.17, 15) is 0 Å². The molecule has 0 saturated heterocycles. The van der Waals surface area contributed by atoms with E-state index < -0.39 is 0 Å². The number of halogens is 2. The Hall–Kier alpha value is -0.300. The Balaban J connectivity index is 1.39. The summed E-state index contributed by atoms with van der Waals surface area (Å²) in [5, 5.41) is 0. The first-order chi connectivity index (χ1) is 36.3. The molecule has 3 aliphatic rings. The Morgan fingerprint density at radius 2 is 0.622 bits per heavy atom. The van der Waals surface area contributed by atoms with E-state index in [1.54, 1.807) is 22.7 Å². The van der Waals surface area contributed by atoms with Crippen molar-refractivity contribution in [2.45, 2.75) is 322 Å². The van der Waals surface area contributed by atoms with Crippen LogP contribution in [0.4, 0.5) is 0 Å². The van der Waals surface area contributed by atoms with E-state index >= 15 is 9.59 Å². The fourth-order valence-electron chi connectivity index (χ4n) is 15.1. The predicted molar refractivity (Wildman–Crippen MR) is 333 cm³/mol. The van der Waals surface area contributed by atoms with Gasteiger partial charge in [0.25, 0.3) is 0 Å². The summed E-state index contributed by atoms with van der Waals surface area (Å²) in [4.78, 5) is 33.9. The second-order valence-electron chi connectivity index (χ2n) is 25.0. The zero-order chi connectivity index (χ0) is 52.6. The number of carbonyl (C=O) groups is 2. The van der Waals surface area contributed by atoms with E-state index in [4.69, 9.17) is 0 Å². The highest BCUT2D eigenvalue weighted by atomic mass is 79.9. The summed E-state index contributed by atoms with van der Waals surface area (Å²) in [5.74, 6) is 3.93. The summed E-state index contributed by atoms with van der Waals surface area (Å²) in [5.41, 5.74) is 0. The zero-order valence-electron chi connectivity index (χ0n) is 48.6. The lowest BCUT2D eigenvalue weighted by atomic mass is 9.55. The summed E-state index contributed by atoms with van der Waals surface area (Å²) in [6, 6.07) is 8.90. The van der Waals surface area contributed by atoms with Gasteiger partial charge in [-0.2, -0.15) is 0 Å². The molecule has 0 radical (unpaired) electrons. The maximum Gasteiger partial charge on any atom is 0.144 e. The normalized spacial score (nSPS) is 23.5. The molecule has 0 N–H and O–H groups in total. The molecule has 3 saturated carbocycles. The maximum absolute atomic E-state index is 15.7. The minimum atomic E-state index is -0.00876. The molecule has 2 nitrogen and oxygen atoms in total. The first-order valence-electron chi connectivity index (χ1n) is 32.9. The van der Waals surface area contributed by atoms with Crippen LogP contribution in [0.15, 0.2) is 31.8 Å². The molecule has 2 aromatic heterocycles. The Bertz CT molecular complexity index is 1610. The maximum atomic E-state index is 15.7. The SMILES string of the molecule is CCCCCCCCCCCCC(CCCCCCCCCC)CC1C2CC(c3ccc(Br)s3)C(=O)C2C(CC(CCCCCCCCCC)CCCCCCCCCCCC)C2CC(c3ccc(Br)s3)C(=O)C12. The lowest BCUT2D eigenvalue weighted by Gasteiger charge is -2.48. The van der Waals surface area contributed by atoms with Gasteiger partial charge in [0, 0.05) is 21.6 Å². The molecule has 0 spiro atoms. The molecule has 10 atom stereocenters. The number of unbranched alkanes of at least 4 members (excludes halogenated alkanes) is 32. The molecule has 6 heteroatoms. The smallest absolute Gasteiger partial charge is 0.144 e. The van der Waals surface area contributed by atoms with Crippen LogP contribution < -0.4 is 0 Å². The van der Waals surface area contributed by atoms with Crippen molar-refractivity contribution in [2.75, 3.05) is 0 Å². The van der Waals surface area contributed by atoms with E-state index in [2.05, 4.69) is 83.8 Å². The van der Waals surface area contributed by atoms with Crippen LogP contribution >= 0.6 is 54.5 Å². The second-order valence-corrected chi connectivity index (χ2v) is 30.0. The van der Waals surface area contributed by atoms with Crippen LogP contribution in [0.5, 0.6) is 0 Å². The van der Waals surface area contributed by atoms with Gasteiger partial charge in [-0.05, 0) is 117 Å². The average molecular weight is 1190 g/mol. The van der Waals surface area contributed by atoms with Crippen molar-refractivity contribution in [2.24, 2.45) is 47.3 Å². The summed E-state index contributed by atoms with van der Waals surface area (Å²) < 4.78 is 2.29. The third-order valence-corrected chi connectivity index (χ3v) is 22.7. The lowest BCUT2D eigenvalue weighted by molar-refractivity contribution is -0.135. The molecule has 3 aliphatic carbocycles. The number of carbonyl (C=O) groups excluding carboxylic acids is 2. The third-order valence-electron chi connectivity index (χ3n) is 19.3. The molecule has 424 valence electrons. The Labute approximate surface area is 483 Å². The number of hydrogen-bond donors (Lipinski definition) is 0. The summed E-state index contributed by atoms with van der Waals surface area (Å²) >= 11 is 11.2. The number of Topliss-reactive ketones (excluding diaryl/α,β-unsaturated/α-hetero) is 2. The molecule has 2 aromatic rings. The van der Waals surface area contributed by atoms with E-state index in [0.29, 0.717) is 47.1 Å². The molecule has 0 amide bonds. The van der Waals surface area contributed by atoms with Crippen LogP contribution in [-0.2, 0) is 9.59 Å². The minimum absolute atomic E-state index is 0.00876. The Morgan fingerprint density at radius 3 is 0.851 bits per heavy atom. The van der Waals surface area contributed by atoms with E-state index in [0.717, 1.165) is 20.4 Å². The van der Waals surface area contributed by atoms with Gasteiger partial charge < -0.3 is 0 Å². The molecule has 74 heavy (non-hydrogen) atoms. The Kier molecular flexibility index (Phi) is 34.1. The third kappa shape index (κ3) is 22.7. The quantitative estimate of drug-likeness (QED) is 0.0619. The van der Waals surface area contributed by atoms with Gasteiger partial charge in [0.2, 0.25) is 0 Å². The number of thiophene rings is 2. The van der Waals surface area contributed by atoms with Crippen molar-refractivity contribution in [3.05, 3.63) is 41.6 Å². The van der Waals surface area contributed by atoms with Gasteiger partial charge in [-0.15, -0.1) is 22.7 Å². The zero-order valence-corrected chi connectivity index (χ0v) is 53.4. The van der Waals surface area contributed by atoms with E-state index in [-0.39, 0.29) is 23.7 Å². The predicted octanol–water partition coefficient (Wildman–Crippen LogP) is 24.6. The topological polar surface area (TPSA) is 34.1 Å². The van der Waals surface area contributed by atoms with Crippen molar-refractivity contribution < 1.29 is 9.59 Å². The second kappa shape index (κ2) is 39.2. The summed E-state index contributed by atoms with van der Waals surface area (Å²) in [7, 11) is 0. The van der Waals surface area contributed by atoms with Crippen LogP contribution in [0.1, 0.15) is 332 Å². The van der Waals surface area contributed by atoms with Crippen molar-refractivity contribution in [1.29, 1.82) is 0 Å². The largest absolute Gasteiger partial charge is 0.299 e. The molecule has 2 heterocycles. The van der Waals surface area contributed by atoms with Crippen LogP contribution in [0.25, 0.3) is 0 Å². The minimum Gasteiger partial charge on any atom is -0.299 e. The van der Waals surface area contributed by atoms with Crippen LogP contribution in [-0.4, -0.2) is 11.6 Å². The molecule has 0 aliphatic heterocycles. The van der Waals surface area contributed by atoms with Gasteiger partial charge in [0.1, 0.15) is 11.6 Å². The van der Waals surface area contributed by atoms with Crippen LogP contribution in [0.3, 0.4) is 0 Å². The van der Waals surface area contributed by atoms with Crippen molar-refractivity contribution in [3.63, 3.8) is 0 Å². The first-order valence-corrected chi connectivity index (χ1v) is 36.1. The molecule has 0 aromatic carbocycles. The van der Waals surface area contributed by atoms with Crippen molar-refractivity contribution in [1.82, 2.24) is 0 Å². The average Bonchev–Trinajstić information content (AvgIpc) is 4.20. The number of fused-ring (bicyclic) bond motifs is 2. The summed E-state index contributed by atoms with van der Waals surface area (Å²) in [6.45, 7) is 9.29. The fraction of sp³-hybridized carbons (Fsp3) is 0.853. The standard InChI is InChI=1S/C68H114Br2O2S2/c1-5-9-13-17-21-25-27-31-35-39-43-53(41-37-33-29-23-19-15-11-7-3)49-55-57-51-59(61-45-47-63(69)73-61)68(72)66(57)56(58-52-60(67(71)65(55)58)62-46-48-64(70)74-62)50-54(42-38-34-30-24-20-16-12-8-4)44-40-36-32-28-26-22-18-14-10-6-2/h45-48,53-60,65-66H,5-44,49-52H2,1-4H3. The van der Waals surface area contributed by atoms with Crippen molar-refractivity contribution in [3.8, 4) is 0 Å². The molecule has 0 bridgehead atoms. The number of ketones is 2.